The zero-order valence-electron chi connectivity index (χ0n) is 5.60. The Morgan fingerprint density at radius 3 is 1.91 bits per heavy atom. The monoisotopic (exact) mass is 163 g/mol. The highest BCUT2D eigenvalue weighted by atomic mass is 16.4. The maximum Gasteiger partial charge on any atom is 0.311 e. The minimum absolute atomic E-state index is 0.674. The van der Waals surface area contributed by atoms with E-state index >= 15 is 0 Å². The molecule has 0 bridgehead atoms. The number of aliphatic hydroxyl groups is 1. The summed E-state index contributed by atoms with van der Waals surface area (Å²) >= 11 is 0. The number of aliphatic carboxylic acids is 2. The van der Waals surface area contributed by atoms with Gasteiger partial charge in [0, 0.05) is 0 Å². The molecular weight excluding hydrogens is 154 g/mol. The molecule has 64 valence electrons. The van der Waals surface area contributed by atoms with Crippen molar-refractivity contribution in [2.24, 2.45) is 11.7 Å². The van der Waals surface area contributed by atoms with Crippen molar-refractivity contribution in [3.8, 4) is 0 Å². The third-order valence-electron chi connectivity index (χ3n) is 1.12. The molecule has 0 aliphatic carbocycles. The molecule has 2 unspecified atom stereocenters. The van der Waals surface area contributed by atoms with E-state index < -0.39 is 30.5 Å². The van der Waals surface area contributed by atoms with Gasteiger partial charge in [0.2, 0.25) is 0 Å². The summed E-state index contributed by atoms with van der Waals surface area (Å²) in [4.78, 5) is 20.2. The van der Waals surface area contributed by atoms with Gasteiger partial charge < -0.3 is 21.1 Å². The summed E-state index contributed by atoms with van der Waals surface area (Å²) in [5.74, 6) is -4.16. The van der Waals surface area contributed by atoms with E-state index in [0.717, 1.165) is 0 Å². The van der Waals surface area contributed by atoms with Crippen LogP contribution in [0, 0.1) is 5.92 Å². The number of hydrogen-bond acceptors (Lipinski definition) is 4. The van der Waals surface area contributed by atoms with Crippen LogP contribution in [0.25, 0.3) is 0 Å². The fraction of sp³-hybridized carbons (Fsp3) is 0.600. The minimum Gasteiger partial charge on any atom is -0.481 e. The largest absolute Gasteiger partial charge is 0.481 e. The number of carboxylic acid groups (broad SMARTS) is 2. The van der Waals surface area contributed by atoms with Gasteiger partial charge in [0.05, 0.1) is 6.42 Å². The number of rotatable bonds is 4. The molecule has 0 saturated heterocycles. The molecule has 0 heterocycles. The van der Waals surface area contributed by atoms with Crippen LogP contribution in [0.4, 0.5) is 0 Å². The first-order valence-corrected chi connectivity index (χ1v) is 2.83. The first kappa shape index (κ1) is 9.86. The van der Waals surface area contributed by atoms with E-state index in [-0.39, 0.29) is 0 Å². The summed E-state index contributed by atoms with van der Waals surface area (Å²) < 4.78 is 0. The molecule has 2 atom stereocenters. The average Bonchev–Trinajstić information content (AvgIpc) is 1.81. The molecule has 0 spiro atoms. The van der Waals surface area contributed by atoms with Crippen molar-refractivity contribution in [3.05, 3.63) is 0 Å². The Labute approximate surface area is 62.2 Å². The summed E-state index contributed by atoms with van der Waals surface area (Å²) in [6.07, 6.45) is -2.31. The summed E-state index contributed by atoms with van der Waals surface area (Å²) in [5, 5.41) is 25.0. The zero-order chi connectivity index (χ0) is 9.02. The Kier molecular flexibility index (Phi) is 3.49. The summed E-state index contributed by atoms with van der Waals surface area (Å²) in [6.45, 7) is 0. The summed E-state index contributed by atoms with van der Waals surface area (Å²) in [6, 6.07) is 0. The van der Waals surface area contributed by atoms with Crippen molar-refractivity contribution < 1.29 is 24.9 Å². The topological polar surface area (TPSA) is 121 Å². The van der Waals surface area contributed by atoms with Crippen LogP contribution < -0.4 is 5.73 Å². The van der Waals surface area contributed by atoms with E-state index in [4.69, 9.17) is 21.1 Å². The Hall–Kier alpha value is -1.14. The van der Waals surface area contributed by atoms with Crippen molar-refractivity contribution in [1.29, 1.82) is 0 Å². The minimum atomic E-state index is -1.64. The van der Waals surface area contributed by atoms with Gasteiger partial charge in [0.25, 0.3) is 0 Å². The molecule has 0 aromatic heterocycles. The first-order chi connectivity index (χ1) is 4.95. The number of carboxylic acids is 2. The smallest absolute Gasteiger partial charge is 0.311 e. The van der Waals surface area contributed by atoms with Crippen LogP contribution >= 0.6 is 0 Å². The molecular formula is C5H9NO5. The van der Waals surface area contributed by atoms with Crippen LogP contribution in [-0.2, 0) is 9.59 Å². The molecule has 0 aliphatic rings. The lowest BCUT2D eigenvalue weighted by atomic mass is 10.1. The number of nitrogens with two attached hydrogens (primary N) is 1. The fourth-order valence-corrected chi connectivity index (χ4v) is 0.542. The molecule has 0 saturated carbocycles. The van der Waals surface area contributed by atoms with Crippen LogP contribution in [0.3, 0.4) is 0 Å². The van der Waals surface area contributed by atoms with Crippen molar-refractivity contribution >= 4 is 11.9 Å². The van der Waals surface area contributed by atoms with Crippen LogP contribution in [0.1, 0.15) is 6.42 Å². The van der Waals surface area contributed by atoms with Gasteiger partial charge in [-0.25, -0.2) is 0 Å². The maximum atomic E-state index is 10.2. The van der Waals surface area contributed by atoms with Gasteiger partial charge in [0.1, 0.15) is 12.1 Å². The molecule has 5 N–H and O–H groups in total. The van der Waals surface area contributed by atoms with Crippen molar-refractivity contribution in [2.75, 3.05) is 0 Å². The Bertz CT molecular complexity index is 166. The zero-order valence-corrected chi connectivity index (χ0v) is 5.60. The molecule has 0 radical (unpaired) electrons. The average molecular weight is 163 g/mol. The molecule has 6 heteroatoms. The number of hydrogen-bond donors (Lipinski definition) is 4. The van der Waals surface area contributed by atoms with E-state index in [0.29, 0.717) is 0 Å². The second kappa shape index (κ2) is 3.89. The van der Waals surface area contributed by atoms with E-state index in [1.807, 2.05) is 0 Å². The molecule has 0 aromatic carbocycles. The lowest BCUT2D eigenvalue weighted by molar-refractivity contribution is -0.152. The molecule has 0 aliphatic heterocycles. The highest BCUT2D eigenvalue weighted by molar-refractivity contribution is 5.78. The van der Waals surface area contributed by atoms with Gasteiger partial charge >= 0.3 is 11.9 Å². The molecule has 0 rings (SSSR count). The van der Waals surface area contributed by atoms with Gasteiger partial charge in [-0.05, 0) is 0 Å². The summed E-state index contributed by atoms with van der Waals surface area (Å²) in [5.41, 5.74) is 4.80. The summed E-state index contributed by atoms with van der Waals surface area (Å²) in [7, 11) is 0. The molecule has 0 aromatic rings. The highest BCUT2D eigenvalue weighted by Gasteiger charge is 2.26. The van der Waals surface area contributed by atoms with E-state index in [2.05, 4.69) is 0 Å². The SMILES string of the molecule is NC(O)C(CC(=O)O)C(=O)O. The van der Waals surface area contributed by atoms with E-state index in [1.165, 1.54) is 0 Å². The highest BCUT2D eigenvalue weighted by Crippen LogP contribution is 2.05. The second-order valence-electron chi connectivity index (χ2n) is 2.03. The predicted octanol–water partition coefficient (Wildman–Crippen LogP) is -1.56. The maximum absolute atomic E-state index is 10.2. The second-order valence-corrected chi connectivity index (χ2v) is 2.03. The van der Waals surface area contributed by atoms with Gasteiger partial charge in [-0.15, -0.1) is 0 Å². The Morgan fingerprint density at radius 1 is 1.36 bits per heavy atom. The molecule has 11 heavy (non-hydrogen) atoms. The normalized spacial score (nSPS) is 15.5. The fourth-order valence-electron chi connectivity index (χ4n) is 0.542. The van der Waals surface area contributed by atoms with Crippen LogP contribution in [0.2, 0.25) is 0 Å². The standard InChI is InChI=1S/C5H9NO5/c6-4(9)2(5(10)11)1-3(7)8/h2,4,9H,1,6H2,(H,7,8)(H,10,11). The lowest BCUT2D eigenvalue weighted by Gasteiger charge is -2.11. The van der Waals surface area contributed by atoms with E-state index in [9.17, 15) is 9.59 Å². The third kappa shape index (κ3) is 3.54. The van der Waals surface area contributed by atoms with Crippen LogP contribution in [0.5, 0.6) is 0 Å². The number of carbonyl (C=O) groups is 2. The predicted molar refractivity (Wildman–Crippen MR) is 33.6 cm³/mol. The van der Waals surface area contributed by atoms with Gasteiger partial charge in [-0.1, -0.05) is 0 Å². The quantitative estimate of drug-likeness (QED) is 0.372. The van der Waals surface area contributed by atoms with Gasteiger partial charge in [-0.2, -0.15) is 0 Å². The lowest BCUT2D eigenvalue weighted by Crippen LogP contribution is -2.36. The molecule has 0 fully saturated rings. The number of aliphatic hydroxyl groups excluding tert-OH is 1. The Balaban J connectivity index is 4.12. The van der Waals surface area contributed by atoms with Crippen LogP contribution in [0.15, 0.2) is 0 Å². The van der Waals surface area contributed by atoms with Crippen LogP contribution in [-0.4, -0.2) is 33.5 Å². The third-order valence-corrected chi connectivity index (χ3v) is 1.12. The van der Waals surface area contributed by atoms with Gasteiger partial charge in [0.15, 0.2) is 0 Å². The molecule has 6 nitrogen and oxygen atoms in total. The van der Waals surface area contributed by atoms with Crippen molar-refractivity contribution in [1.82, 2.24) is 0 Å². The Morgan fingerprint density at radius 2 is 1.82 bits per heavy atom. The van der Waals surface area contributed by atoms with Crippen molar-refractivity contribution in [3.63, 3.8) is 0 Å². The first-order valence-electron chi connectivity index (χ1n) is 2.83. The molecule has 0 amide bonds. The van der Waals surface area contributed by atoms with E-state index in [1.54, 1.807) is 0 Å². The van der Waals surface area contributed by atoms with Crippen molar-refractivity contribution in [2.45, 2.75) is 12.6 Å². The van der Waals surface area contributed by atoms with Gasteiger partial charge in [-0.3, -0.25) is 9.59 Å².